The molecule has 1 aromatic carbocycles. The Hall–Kier alpha value is -1.81. The highest BCUT2D eigenvalue weighted by atomic mass is 16.2. The molecule has 0 saturated carbocycles. The van der Waals surface area contributed by atoms with Gasteiger partial charge in [0, 0.05) is 30.5 Å². The van der Waals surface area contributed by atoms with Crippen LogP contribution in [0.4, 0.5) is 0 Å². The Balaban J connectivity index is 1.74. The molecule has 100 valence electrons. The first kappa shape index (κ1) is 12.2. The Morgan fingerprint density at radius 1 is 1.42 bits per heavy atom. The predicted molar refractivity (Wildman–Crippen MR) is 76.3 cm³/mol. The van der Waals surface area contributed by atoms with Gasteiger partial charge in [-0.1, -0.05) is 18.2 Å². The summed E-state index contributed by atoms with van der Waals surface area (Å²) in [5.41, 5.74) is 1.68. The van der Waals surface area contributed by atoms with Crippen LogP contribution in [0, 0.1) is 0 Å². The van der Waals surface area contributed by atoms with Crippen LogP contribution in [0.15, 0.2) is 30.3 Å². The van der Waals surface area contributed by atoms with Crippen LogP contribution in [0.3, 0.4) is 0 Å². The highest BCUT2D eigenvalue weighted by Crippen LogP contribution is 2.16. The van der Waals surface area contributed by atoms with Crippen molar-refractivity contribution in [3.8, 4) is 0 Å². The van der Waals surface area contributed by atoms with Gasteiger partial charge < -0.3 is 15.2 Å². The van der Waals surface area contributed by atoms with Crippen molar-refractivity contribution in [1.29, 1.82) is 0 Å². The second kappa shape index (κ2) is 5.05. The lowest BCUT2D eigenvalue weighted by Gasteiger charge is -2.20. The maximum absolute atomic E-state index is 12.4. The molecule has 0 radical (unpaired) electrons. The molecule has 1 unspecified atom stereocenters. The van der Waals surface area contributed by atoms with Crippen LogP contribution in [0.1, 0.15) is 23.3 Å². The number of aromatic amines is 1. The molecule has 1 saturated heterocycles. The summed E-state index contributed by atoms with van der Waals surface area (Å²) in [6.07, 6.45) is 2.36. The van der Waals surface area contributed by atoms with Crippen molar-refractivity contribution >= 4 is 16.8 Å². The van der Waals surface area contributed by atoms with Gasteiger partial charge in [0.2, 0.25) is 0 Å². The number of carbonyl (C=O) groups is 1. The fourth-order valence-electron chi connectivity index (χ4n) is 2.72. The molecule has 2 aromatic rings. The minimum atomic E-state index is 0.0601. The van der Waals surface area contributed by atoms with Gasteiger partial charge in [-0.3, -0.25) is 4.79 Å². The molecule has 0 bridgehead atoms. The van der Waals surface area contributed by atoms with Crippen LogP contribution in [0.2, 0.25) is 0 Å². The molecule has 4 heteroatoms. The van der Waals surface area contributed by atoms with Crippen molar-refractivity contribution in [2.24, 2.45) is 0 Å². The topological polar surface area (TPSA) is 48.1 Å². The molecule has 1 atom stereocenters. The lowest BCUT2D eigenvalue weighted by molar-refractivity contribution is 0.0779. The molecule has 1 amide bonds. The first-order valence-electron chi connectivity index (χ1n) is 6.80. The van der Waals surface area contributed by atoms with E-state index in [4.69, 9.17) is 0 Å². The van der Waals surface area contributed by atoms with Gasteiger partial charge in [-0.05, 0) is 31.5 Å². The van der Waals surface area contributed by atoms with Gasteiger partial charge in [-0.15, -0.1) is 0 Å². The Morgan fingerprint density at radius 2 is 2.26 bits per heavy atom. The van der Waals surface area contributed by atoms with E-state index >= 15 is 0 Å². The van der Waals surface area contributed by atoms with Gasteiger partial charge in [0.15, 0.2) is 0 Å². The standard InChI is InChI=1S/C15H19N3O/c1-18(10-12-6-4-8-16-12)15(19)14-9-11-5-2-3-7-13(11)17-14/h2-3,5,7,9,12,16-17H,4,6,8,10H2,1H3. The third kappa shape index (κ3) is 2.49. The zero-order valence-electron chi connectivity index (χ0n) is 11.1. The van der Waals surface area contributed by atoms with E-state index < -0.39 is 0 Å². The second-order valence-corrected chi connectivity index (χ2v) is 5.25. The maximum atomic E-state index is 12.4. The molecular weight excluding hydrogens is 238 g/mol. The molecule has 2 N–H and O–H groups in total. The number of nitrogens with one attached hydrogen (secondary N) is 2. The van der Waals surface area contributed by atoms with E-state index in [1.165, 1.54) is 6.42 Å². The Bertz CT molecular complexity index is 551. The SMILES string of the molecule is CN(CC1CCCN1)C(=O)c1cc2ccccc2[nH]1. The average Bonchev–Trinajstić information content (AvgIpc) is 3.05. The summed E-state index contributed by atoms with van der Waals surface area (Å²) in [5.74, 6) is 0.0601. The largest absolute Gasteiger partial charge is 0.351 e. The molecular formula is C15H19N3O. The van der Waals surface area contributed by atoms with Crippen molar-refractivity contribution < 1.29 is 4.79 Å². The monoisotopic (exact) mass is 257 g/mol. The molecule has 1 fully saturated rings. The van der Waals surface area contributed by atoms with E-state index in [1.807, 2.05) is 37.4 Å². The van der Waals surface area contributed by atoms with Crippen LogP contribution in [-0.2, 0) is 0 Å². The number of rotatable bonds is 3. The van der Waals surface area contributed by atoms with Gasteiger partial charge in [-0.25, -0.2) is 0 Å². The van der Waals surface area contributed by atoms with E-state index in [0.29, 0.717) is 11.7 Å². The number of likely N-dealkylation sites (N-methyl/N-ethyl adjacent to an activating group) is 1. The third-order valence-corrected chi connectivity index (χ3v) is 3.76. The minimum Gasteiger partial charge on any atom is -0.351 e. The van der Waals surface area contributed by atoms with E-state index in [9.17, 15) is 4.79 Å². The quantitative estimate of drug-likeness (QED) is 0.883. The Kier molecular flexibility index (Phi) is 3.25. The summed E-state index contributed by atoms with van der Waals surface area (Å²) in [4.78, 5) is 17.4. The van der Waals surface area contributed by atoms with Gasteiger partial charge >= 0.3 is 0 Å². The summed E-state index contributed by atoms with van der Waals surface area (Å²) in [5, 5.41) is 4.50. The smallest absolute Gasteiger partial charge is 0.270 e. The van der Waals surface area contributed by atoms with Gasteiger partial charge in [0.05, 0.1) is 0 Å². The number of para-hydroxylation sites is 1. The summed E-state index contributed by atoms with van der Waals surface area (Å²) in [6, 6.07) is 10.3. The number of benzene rings is 1. The lowest BCUT2D eigenvalue weighted by Crippen LogP contribution is -2.38. The molecule has 0 aliphatic carbocycles. The summed E-state index contributed by atoms with van der Waals surface area (Å²) < 4.78 is 0. The summed E-state index contributed by atoms with van der Waals surface area (Å²) in [6.45, 7) is 1.84. The van der Waals surface area contributed by atoms with E-state index in [-0.39, 0.29) is 5.91 Å². The number of carbonyl (C=O) groups excluding carboxylic acids is 1. The summed E-state index contributed by atoms with van der Waals surface area (Å²) >= 11 is 0. The highest BCUT2D eigenvalue weighted by molar-refractivity contribution is 5.97. The molecule has 0 spiro atoms. The Labute approximate surface area is 112 Å². The fourth-order valence-corrected chi connectivity index (χ4v) is 2.72. The number of hydrogen-bond acceptors (Lipinski definition) is 2. The van der Waals surface area contributed by atoms with E-state index in [1.54, 1.807) is 4.90 Å². The molecule has 19 heavy (non-hydrogen) atoms. The third-order valence-electron chi connectivity index (χ3n) is 3.76. The predicted octanol–water partition coefficient (Wildman–Crippen LogP) is 1.99. The maximum Gasteiger partial charge on any atom is 0.270 e. The number of fused-ring (bicyclic) bond motifs is 1. The van der Waals surface area contributed by atoms with Crippen molar-refractivity contribution in [2.75, 3.05) is 20.1 Å². The zero-order valence-corrected chi connectivity index (χ0v) is 11.1. The van der Waals surface area contributed by atoms with Crippen molar-refractivity contribution in [3.63, 3.8) is 0 Å². The van der Waals surface area contributed by atoms with Crippen LogP contribution >= 0.6 is 0 Å². The van der Waals surface area contributed by atoms with Crippen LogP contribution in [-0.4, -0.2) is 42.0 Å². The molecule has 1 aromatic heterocycles. The fraction of sp³-hybridized carbons (Fsp3) is 0.400. The molecule has 4 nitrogen and oxygen atoms in total. The minimum absolute atomic E-state index is 0.0601. The molecule has 1 aliphatic rings. The van der Waals surface area contributed by atoms with E-state index in [0.717, 1.165) is 30.4 Å². The normalized spacial score (nSPS) is 18.9. The van der Waals surface area contributed by atoms with Gasteiger partial charge in [0.25, 0.3) is 5.91 Å². The number of H-pyrrole nitrogens is 1. The number of hydrogen-bond donors (Lipinski definition) is 2. The summed E-state index contributed by atoms with van der Waals surface area (Å²) in [7, 11) is 1.87. The molecule has 3 rings (SSSR count). The molecule has 2 heterocycles. The van der Waals surface area contributed by atoms with Gasteiger partial charge in [-0.2, -0.15) is 0 Å². The van der Waals surface area contributed by atoms with E-state index in [2.05, 4.69) is 10.3 Å². The number of nitrogens with zero attached hydrogens (tertiary/aromatic N) is 1. The van der Waals surface area contributed by atoms with Crippen LogP contribution in [0.25, 0.3) is 10.9 Å². The Morgan fingerprint density at radius 3 is 3.00 bits per heavy atom. The number of amides is 1. The number of aromatic nitrogens is 1. The lowest BCUT2D eigenvalue weighted by atomic mass is 10.2. The van der Waals surface area contributed by atoms with Crippen molar-refractivity contribution in [3.05, 3.63) is 36.0 Å². The molecule has 1 aliphatic heterocycles. The second-order valence-electron chi connectivity index (χ2n) is 5.25. The van der Waals surface area contributed by atoms with Crippen molar-refractivity contribution in [2.45, 2.75) is 18.9 Å². The van der Waals surface area contributed by atoms with Crippen molar-refractivity contribution in [1.82, 2.24) is 15.2 Å². The van der Waals surface area contributed by atoms with Gasteiger partial charge in [0.1, 0.15) is 5.69 Å². The average molecular weight is 257 g/mol. The van der Waals surface area contributed by atoms with Crippen LogP contribution in [0.5, 0.6) is 0 Å². The van der Waals surface area contributed by atoms with Crippen LogP contribution < -0.4 is 5.32 Å². The first-order chi connectivity index (χ1) is 9.24. The first-order valence-corrected chi connectivity index (χ1v) is 6.80. The highest BCUT2D eigenvalue weighted by Gasteiger charge is 2.20. The zero-order chi connectivity index (χ0) is 13.2.